The molecule has 0 aliphatic heterocycles. The number of rotatable bonds is 0. The molecular formula is C22H39K. The zero-order chi connectivity index (χ0) is 16.2. The number of hydrogen-bond donors (Lipinski definition) is 0. The van der Waals surface area contributed by atoms with Gasteiger partial charge >= 0.3 is 51.4 Å². The first-order valence-corrected chi connectivity index (χ1v) is 9.61. The number of aryl methyl sites for hydroxylation is 2. The molecule has 1 heteroatoms. The first-order chi connectivity index (χ1) is 10.6. The van der Waals surface area contributed by atoms with E-state index in [0.717, 1.165) is 11.8 Å². The van der Waals surface area contributed by atoms with E-state index in [0.29, 0.717) is 0 Å². The third-order valence-electron chi connectivity index (χ3n) is 5.02. The van der Waals surface area contributed by atoms with Crippen LogP contribution >= 0.6 is 0 Å². The first kappa shape index (κ1) is 23.9. The van der Waals surface area contributed by atoms with Crippen molar-refractivity contribution in [3.8, 4) is 0 Å². The molecule has 23 heavy (non-hydrogen) atoms. The van der Waals surface area contributed by atoms with Gasteiger partial charge in [0.1, 0.15) is 0 Å². The summed E-state index contributed by atoms with van der Waals surface area (Å²) in [5, 5.41) is 0. The predicted octanol–water partition coefficient (Wildman–Crippen LogP) is 4.59. The van der Waals surface area contributed by atoms with Crippen molar-refractivity contribution >= 4 is 0 Å². The summed E-state index contributed by atoms with van der Waals surface area (Å²) in [5.74, 6) is 2.04. The molecule has 0 saturated heterocycles. The van der Waals surface area contributed by atoms with Crippen molar-refractivity contribution in [3.05, 3.63) is 35.4 Å². The van der Waals surface area contributed by atoms with Crippen LogP contribution in [0.5, 0.6) is 0 Å². The summed E-state index contributed by atoms with van der Waals surface area (Å²) in [7, 11) is 0. The maximum absolute atomic E-state index is 2.37. The van der Waals surface area contributed by atoms with E-state index in [1.807, 2.05) is 0 Å². The minimum absolute atomic E-state index is 0. The van der Waals surface area contributed by atoms with Crippen molar-refractivity contribution in [3.63, 3.8) is 0 Å². The Morgan fingerprint density at radius 2 is 0.826 bits per heavy atom. The van der Waals surface area contributed by atoms with Crippen LogP contribution in [-0.2, 0) is 0 Å². The molecule has 0 spiro atoms. The molecular weight excluding hydrogens is 303 g/mol. The topological polar surface area (TPSA) is 0 Å². The third-order valence-corrected chi connectivity index (χ3v) is 5.02. The Labute approximate surface area is 190 Å². The Balaban J connectivity index is 0. The van der Waals surface area contributed by atoms with Crippen LogP contribution in [0.3, 0.4) is 0 Å². The molecule has 0 bridgehead atoms. The van der Waals surface area contributed by atoms with Crippen molar-refractivity contribution in [2.45, 2.75) is 91.9 Å². The van der Waals surface area contributed by atoms with Crippen molar-refractivity contribution in [2.24, 2.45) is 11.8 Å². The van der Waals surface area contributed by atoms with E-state index in [4.69, 9.17) is 0 Å². The first-order valence-electron chi connectivity index (χ1n) is 9.61. The fraction of sp³-hybridized carbons (Fsp3) is 0.727. The maximum atomic E-state index is 2.37. The molecule has 0 radical (unpaired) electrons. The average Bonchev–Trinajstić information content (AvgIpc) is 2.56. The van der Waals surface area contributed by atoms with Gasteiger partial charge in [-0.15, -0.1) is 0 Å². The fourth-order valence-corrected chi connectivity index (χ4v) is 3.12. The minimum atomic E-state index is 0. The summed E-state index contributed by atoms with van der Waals surface area (Å²) in [6, 6.07) is 8.48. The van der Waals surface area contributed by atoms with E-state index in [9.17, 15) is 0 Å². The van der Waals surface area contributed by atoms with E-state index in [1.165, 1.54) is 75.3 Å². The second-order valence-corrected chi connectivity index (χ2v) is 7.64. The molecule has 0 atom stereocenters. The van der Waals surface area contributed by atoms with E-state index in [1.54, 1.807) is 0 Å². The average molecular weight is 343 g/mol. The van der Waals surface area contributed by atoms with Crippen LogP contribution in [0.2, 0.25) is 0 Å². The van der Waals surface area contributed by atoms with Gasteiger partial charge in [0.15, 0.2) is 0 Å². The van der Waals surface area contributed by atoms with Crippen LogP contribution in [-0.4, -0.2) is 0 Å². The third kappa shape index (κ3) is 13.8. The monoisotopic (exact) mass is 342 g/mol. The fourth-order valence-electron chi connectivity index (χ4n) is 3.12. The molecule has 2 saturated carbocycles. The summed E-state index contributed by atoms with van der Waals surface area (Å²) >= 11 is 0. The number of hydrogen-bond acceptors (Lipinski definition) is 0. The Hall–Kier alpha value is 0.856. The van der Waals surface area contributed by atoms with Gasteiger partial charge in [-0.1, -0.05) is 113 Å². The van der Waals surface area contributed by atoms with Crippen LogP contribution in [0.1, 0.15) is 90.6 Å². The summed E-state index contributed by atoms with van der Waals surface area (Å²) in [4.78, 5) is 0. The zero-order valence-electron chi connectivity index (χ0n) is 17.5. The van der Waals surface area contributed by atoms with Crippen molar-refractivity contribution < 1.29 is 52.8 Å². The smallest absolute Gasteiger partial charge is 1.00 e. The number of benzene rings is 1. The molecule has 0 N–H and O–H groups in total. The molecule has 2 aliphatic rings. The molecule has 1 aromatic rings. The van der Waals surface area contributed by atoms with E-state index < -0.39 is 0 Å². The van der Waals surface area contributed by atoms with E-state index in [-0.39, 0.29) is 52.8 Å². The summed E-state index contributed by atoms with van der Waals surface area (Å²) < 4.78 is 0. The van der Waals surface area contributed by atoms with Gasteiger partial charge in [0.05, 0.1) is 0 Å². The zero-order valence-corrected chi connectivity index (χ0v) is 19.7. The van der Waals surface area contributed by atoms with E-state index >= 15 is 0 Å². The second-order valence-electron chi connectivity index (χ2n) is 7.64. The predicted molar refractivity (Wildman–Crippen MR) is 102 cm³/mol. The Morgan fingerprint density at radius 1 is 0.609 bits per heavy atom. The van der Waals surface area contributed by atoms with E-state index in [2.05, 4.69) is 52.0 Å². The minimum Gasteiger partial charge on any atom is -1.00 e. The van der Waals surface area contributed by atoms with Gasteiger partial charge in [0.25, 0.3) is 0 Å². The van der Waals surface area contributed by atoms with Crippen LogP contribution < -0.4 is 51.4 Å². The molecule has 0 aromatic heterocycles. The van der Waals surface area contributed by atoms with Gasteiger partial charge in [-0.3, -0.25) is 0 Å². The maximum Gasteiger partial charge on any atom is 1.00 e. The standard InChI is InChI=1S/C8H16.C8H10.C6H12.K.H/c2*1-7-3-5-8(2)6-4-7;1-2-4-6-5-3-1;;/h7-8H,3-6H2,1-2H3;3-6H,1-2H3;1-6H2;;/q;;;+1;-1. The van der Waals surface area contributed by atoms with Crippen LogP contribution in [0.25, 0.3) is 0 Å². The van der Waals surface area contributed by atoms with Crippen LogP contribution in [0.15, 0.2) is 24.3 Å². The Kier molecular flexibility index (Phi) is 15.7. The van der Waals surface area contributed by atoms with Gasteiger partial charge in [-0.2, -0.15) is 0 Å². The van der Waals surface area contributed by atoms with Gasteiger partial charge in [-0.25, -0.2) is 0 Å². The summed E-state index contributed by atoms with van der Waals surface area (Å²) in [6.45, 7) is 8.93. The molecule has 0 nitrogen and oxygen atoms in total. The SMILES string of the molecule is C1CCCCC1.CC1CCC(C)CC1.Cc1ccc(C)cc1.[H-].[K+]. The molecule has 2 fully saturated rings. The molecule has 1 aromatic carbocycles. The van der Waals surface area contributed by atoms with Gasteiger partial charge in [-0.05, 0) is 25.7 Å². The van der Waals surface area contributed by atoms with Gasteiger partial charge < -0.3 is 1.43 Å². The molecule has 2 aliphatic carbocycles. The van der Waals surface area contributed by atoms with Crippen molar-refractivity contribution in [1.29, 1.82) is 0 Å². The van der Waals surface area contributed by atoms with Crippen LogP contribution in [0, 0.1) is 25.7 Å². The second kappa shape index (κ2) is 15.1. The molecule has 3 rings (SSSR count). The van der Waals surface area contributed by atoms with Gasteiger partial charge in [0, 0.05) is 0 Å². The quantitative estimate of drug-likeness (QED) is 0.605. The summed E-state index contributed by atoms with van der Waals surface area (Å²) in [5.41, 5.74) is 2.66. The van der Waals surface area contributed by atoms with Crippen molar-refractivity contribution in [1.82, 2.24) is 0 Å². The molecule has 0 heterocycles. The molecule has 0 unspecified atom stereocenters. The molecule has 0 amide bonds. The van der Waals surface area contributed by atoms with Gasteiger partial charge in [0.2, 0.25) is 0 Å². The normalized spacial score (nSPS) is 23.3. The van der Waals surface area contributed by atoms with Crippen LogP contribution in [0.4, 0.5) is 0 Å². The summed E-state index contributed by atoms with van der Waals surface area (Å²) in [6.07, 6.45) is 14.9. The largest absolute Gasteiger partial charge is 1.00 e. The van der Waals surface area contributed by atoms with Crippen molar-refractivity contribution in [2.75, 3.05) is 0 Å². The molecule has 128 valence electrons. The Bertz CT molecular complexity index is 320. The Morgan fingerprint density at radius 3 is 1.04 bits per heavy atom.